The van der Waals surface area contributed by atoms with Crippen LogP contribution in [0.15, 0.2) is 60.8 Å². The molecule has 0 saturated carbocycles. The SMILES string of the molecule is CCn1c2ccccc2c2ccc(-c3ccc([Si](C)(C)C)cn3)cc21. The summed E-state index contributed by atoms with van der Waals surface area (Å²) < 4.78 is 2.39. The lowest BCUT2D eigenvalue weighted by atomic mass is 10.1. The van der Waals surface area contributed by atoms with Gasteiger partial charge in [-0.2, -0.15) is 0 Å². The molecule has 0 aliphatic rings. The molecule has 0 N–H and O–H groups in total. The number of hydrogen-bond donors (Lipinski definition) is 0. The summed E-state index contributed by atoms with van der Waals surface area (Å²) >= 11 is 0. The third kappa shape index (κ3) is 2.69. The van der Waals surface area contributed by atoms with E-state index < -0.39 is 8.07 Å². The van der Waals surface area contributed by atoms with E-state index >= 15 is 0 Å². The normalized spacial score (nSPS) is 12.2. The molecule has 2 nitrogen and oxygen atoms in total. The maximum Gasteiger partial charge on any atom is 0.0796 e. The number of hydrogen-bond acceptors (Lipinski definition) is 1. The largest absolute Gasteiger partial charge is 0.341 e. The summed E-state index contributed by atoms with van der Waals surface area (Å²) in [5.41, 5.74) is 4.83. The summed E-state index contributed by atoms with van der Waals surface area (Å²) in [6, 6.07) is 19.8. The van der Waals surface area contributed by atoms with Crippen LogP contribution in [0.5, 0.6) is 0 Å². The smallest absolute Gasteiger partial charge is 0.0796 e. The second kappa shape index (κ2) is 5.85. The van der Waals surface area contributed by atoms with Gasteiger partial charge in [-0.3, -0.25) is 4.98 Å². The Labute approximate surface area is 150 Å². The number of aromatic nitrogens is 2. The van der Waals surface area contributed by atoms with Crippen molar-refractivity contribution in [1.29, 1.82) is 0 Å². The van der Waals surface area contributed by atoms with Gasteiger partial charge < -0.3 is 4.57 Å². The number of benzene rings is 2. The third-order valence-electron chi connectivity index (χ3n) is 5.02. The fraction of sp³-hybridized carbons (Fsp3) is 0.227. The van der Waals surface area contributed by atoms with Crippen LogP contribution < -0.4 is 5.19 Å². The summed E-state index contributed by atoms with van der Waals surface area (Å²) in [6.45, 7) is 10.2. The molecule has 2 aromatic carbocycles. The maximum absolute atomic E-state index is 4.76. The molecule has 3 heteroatoms. The Bertz CT molecular complexity index is 1050. The Morgan fingerprint density at radius 2 is 1.64 bits per heavy atom. The molecule has 0 spiro atoms. The molecule has 4 rings (SSSR count). The van der Waals surface area contributed by atoms with Crippen LogP contribution >= 0.6 is 0 Å². The molecular formula is C22H24N2Si. The predicted octanol–water partition coefficient (Wildman–Crippen LogP) is 5.42. The van der Waals surface area contributed by atoms with Crippen molar-refractivity contribution in [2.75, 3.05) is 0 Å². The average molecular weight is 345 g/mol. The first kappa shape index (κ1) is 16.1. The first-order valence-corrected chi connectivity index (χ1v) is 12.5. The van der Waals surface area contributed by atoms with E-state index in [1.807, 2.05) is 0 Å². The Balaban J connectivity index is 1.88. The van der Waals surface area contributed by atoms with Crippen LogP contribution in [0.25, 0.3) is 33.1 Å². The molecular weight excluding hydrogens is 320 g/mol. The van der Waals surface area contributed by atoms with Gasteiger partial charge in [0, 0.05) is 40.1 Å². The minimum absolute atomic E-state index is 0.968. The van der Waals surface area contributed by atoms with Gasteiger partial charge >= 0.3 is 0 Å². The number of para-hydroxylation sites is 1. The summed E-state index contributed by atoms with van der Waals surface area (Å²) in [5, 5.41) is 4.05. The minimum atomic E-state index is -1.30. The van der Waals surface area contributed by atoms with Gasteiger partial charge in [0.2, 0.25) is 0 Å². The summed E-state index contributed by atoms with van der Waals surface area (Å²) in [7, 11) is -1.30. The van der Waals surface area contributed by atoms with Crippen LogP contribution in [0.4, 0.5) is 0 Å². The van der Waals surface area contributed by atoms with Crippen LogP contribution in [0.2, 0.25) is 19.6 Å². The predicted molar refractivity (Wildman–Crippen MR) is 111 cm³/mol. The molecule has 0 unspecified atom stereocenters. The van der Waals surface area contributed by atoms with Gasteiger partial charge in [0.15, 0.2) is 0 Å². The number of aryl methyl sites for hydroxylation is 1. The van der Waals surface area contributed by atoms with Crippen molar-refractivity contribution in [3.8, 4) is 11.3 Å². The minimum Gasteiger partial charge on any atom is -0.341 e. The molecule has 0 bridgehead atoms. The third-order valence-corrected chi connectivity index (χ3v) is 7.04. The van der Waals surface area contributed by atoms with Gasteiger partial charge in [0.1, 0.15) is 0 Å². The van der Waals surface area contributed by atoms with Crippen LogP contribution in [0.1, 0.15) is 6.92 Å². The van der Waals surface area contributed by atoms with Crippen LogP contribution in [-0.2, 0) is 6.54 Å². The molecule has 0 radical (unpaired) electrons. The summed E-state index contributed by atoms with van der Waals surface area (Å²) in [6.07, 6.45) is 2.07. The molecule has 25 heavy (non-hydrogen) atoms. The highest BCUT2D eigenvalue weighted by molar-refractivity contribution is 6.88. The van der Waals surface area contributed by atoms with Gasteiger partial charge in [-0.05, 0) is 30.3 Å². The van der Waals surface area contributed by atoms with Crippen LogP contribution in [0, 0.1) is 0 Å². The van der Waals surface area contributed by atoms with Crippen molar-refractivity contribution >= 4 is 35.1 Å². The molecule has 4 aromatic rings. The average Bonchev–Trinajstić information content (AvgIpc) is 2.94. The van der Waals surface area contributed by atoms with E-state index in [1.165, 1.54) is 32.6 Å². The zero-order valence-electron chi connectivity index (χ0n) is 15.4. The molecule has 126 valence electrons. The van der Waals surface area contributed by atoms with E-state index in [-0.39, 0.29) is 0 Å². The van der Waals surface area contributed by atoms with Gasteiger partial charge in [-0.15, -0.1) is 0 Å². The highest BCUT2D eigenvalue weighted by atomic mass is 28.3. The lowest BCUT2D eigenvalue weighted by Crippen LogP contribution is -2.37. The van der Waals surface area contributed by atoms with Gasteiger partial charge in [0.05, 0.1) is 13.8 Å². The molecule has 0 atom stereocenters. The summed E-state index contributed by atoms with van der Waals surface area (Å²) in [4.78, 5) is 4.76. The lowest BCUT2D eigenvalue weighted by Gasteiger charge is -2.16. The molecule has 0 amide bonds. The van der Waals surface area contributed by atoms with Crippen molar-refractivity contribution in [2.45, 2.75) is 33.1 Å². The second-order valence-corrected chi connectivity index (χ2v) is 12.8. The van der Waals surface area contributed by atoms with E-state index in [0.29, 0.717) is 0 Å². The molecule has 0 aliphatic heterocycles. The maximum atomic E-state index is 4.76. The van der Waals surface area contributed by atoms with Crippen molar-refractivity contribution in [1.82, 2.24) is 9.55 Å². The van der Waals surface area contributed by atoms with E-state index in [9.17, 15) is 0 Å². The van der Waals surface area contributed by atoms with Crippen molar-refractivity contribution in [3.05, 3.63) is 60.8 Å². The zero-order valence-corrected chi connectivity index (χ0v) is 16.4. The zero-order chi connectivity index (χ0) is 17.6. The highest BCUT2D eigenvalue weighted by Crippen LogP contribution is 2.31. The molecule has 0 saturated heterocycles. The Morgan fingerprint density at radius 1 is 0.880 bits per heavy atom. The highest BCUT2D eigenvalue weighted by Gasteiger charge is 2.17. The van der Waals surface area contributed by atoms with Crippen molar-refractivity contribution < 1.29 is 0 Å². The number of fused-ring (bicyclic) bond motifs is 3. The van der Waals surface area contributed by atoms with Crippen LogP contribution in [0.3, 0.4) is 0 Å². The van der Waals surface area contributed by atoms with E-state index in [0.717, 1.165) is 12.2 Å². The monoisotopic (exact) mass is 344 g/mol. The van der Waals surface area contributed by atoms with Gasteiger partial charge in [0.25, 0.3) is 0 Å². The van der Waals surface area contributed by atoms with E-state index in [1.54, 1.807) is 0 Å². The van der Waals surface area contributed by atoms with Crippen molar-refractivity contribution in [3.63, 3.8) is 0 Å². The van der Waals surface area contributed by atoms with Crippen molar-refractivity contribution in [2.24, 2.45) is 0 Å². The van der Waals surface area contributed by atoms with Crippen LogP contribution in [-0.4, -0.2) is 17.6 Å². The van der Waals surface area contributed by atoms with Gasteiger partial charge in [-0.1, -0.05) is 56.0 Å². The Kier molecular flexibility index (Phi) is 3.77. The first-order chi connectivity index (χ1) is 12.0. The quantitative estimate of drug-likeness (QED) is 0.454. The topological polar surface area (TPSA) is 17.8 Å². The number of rotatable bonds is 3. The number of pyridine rings is 1. The lowest BCUT2D eigenvalue weighted by molar-refractivity contribution is 0.827. The standard InChI is InChI=1S/C22H24N2Si/c1-5-24-21-9-7-6-8-18(21)19-12-10-16(14-22(19)24)20-13-11-17(15-23-20)25(2,3)4/h6-15H,5H2,1-4H3. The van der Waals surface area contributed by atoms with E-state index in [2.05, 4.69) is 91.9 Å². The van der Waals surface area contributed by atoms with Gasteiger partial charge in [-0.25, -0.2) is 0 Å². The number of nitrogens with zero attached hydrogens (tertiary/aromatic N) is 2. The first-order valence-electron chi connectivity index (χ1n) is 8.97. The molecule has 2 heterocycles. The Hall–Kier alpha value is -2.39. The fourth-order valence-corrected chi connectivity index (χ4v) is 4.59. The van der Waals surface area contributed by atoms with E-state index in [4.69, 9.17) is 4.98 Å². The fourth-order valence-electron chi connectivity index (χ4n) is 3.56. The second-order valence-electron chi connectivity index (χ2n) is 7.68. The molecule has 0 aliphatic carbocycles. The Morgan fingerprint density at radius 3 is 2.32 bits per heavy atom. The molecule has 2 aromatic heterocycles. The summed E-state index contributed by atoms with van der Waals surface area (Å²) in [5.74, 6) is 0. The molecule has 0 fully saturated rings.